The highest BCUT2D eigenvalue weighted by atomic mass is 16.5. The van der Waals surface area contributed by atoms with Crippen molar-refractivity contribution >= 4 is 11.8 Å². The molecule has 1 aliphatic rings. The number of ether oxygens (including phenoxy) is 2. The van der Waals surface area contributed by atoms with Crippen LogP contribution in [0.5, 0.6) is 0 Å². The van der Waals surface area contributed by atoms with Crippen LogP contribution in [-0.2, 0) is 25.7 Å². The summed E-state index contributed by atoms with van der Waals surface area (Å²) >= 11 is 0. The number of nitrogens with zero attached hydrogens (tertiary/aromatic N) is 1. The molecule has 0 radical (unpaired) electrons. The minimum Gasteiger partial charge on any atom is -0.468 e. The highest BCUT2D eigenvalue weighted by Crippen LogP contribution is 2.33. The summed E-state index contributed by atoms with van der Waals surface area (Å²) in [5.41, 5.74) is 0.994. The Labute approximate surface area is 134 Å². The zero-order valence-corrected chi connectivity index (χ0v) is 12.9. The maximum Gasteiger partial charge on any atom is 0.315 e. The molecule has 0 fully saturated rings. The fraction of sp³-hybridized carbons (Fsp3) is 0.412. The molecule has 0 N–H and O–H groups in total. The van der Waals surface area contributed by atoms with Crippen molar-refractivity contribution in [1.82, 2.24) is 0 Å². The Kier molecular flexibility index (Phi) is 6.17. The third kappa shape index (κ3) is 4.56. The van der Waals surface area contributed by atoms with E-state index in [1.807, 2.05) is 30.3 Å². The first-order valence-electron chi connectivity index (χ1n) is 7.43. The van der Waals surface area contributed by atoms with Crippen molar-refractivity contribution in [3.8, 4) is 0 Å². The number of carbonyl (C=O) groups excluding carboxylic acids is 2. The van der Waals surface area contributed by atoms with E-state index in [4.69, 9.17) is 9.47 Å². The minimum absolute atomic E-state index is 0.0545. The summed E-state index contributed by atoms with van der Waals surface area (Å²) in [6.07, 6.45) is 1.80. The van der Waals surface area contributed by atoms with Gasteiger partial charge in [0.2, 0.25) is 0 Å². The molecule has 1 aliphatic carbocycles. The highest BCUT2D eigenvalue weighted by molar-refractivity contribution is 5.94. The van der Waals surface area contributed by atoms with Crippen molar-refractivity contribution in [2.24, 2.45) is 17.0 Å². The second kappa shape index (κ2) is 8.33. The van der Waals surface area contributed by atoms with E-state index in [1.165, 1.54) is 7.11 Å². The number of benzene rings is 1. The molecule has 0 amide bonds. The van der Waals surface area contributed by atoms with Crippen molar-refractivity contribution in [3.63, 3.8) is 0 Å². The Morgan fingerprint density at radius 1 is 1.30 bits per heavy atom. The molecule has 2 atom stereocenters. The number of carbonyl (C=O) groups is 2. The van der Waals surface area contributed by atoms with Crippen LogP contribution in [0.25, 0.3) is 0 Å². The van der Waals surface area contributed by atoms with Crippen molar-refractivity contribution in [2.45, 2.75) is 19.4 Å². The highest BCUT2D eigenvalue weighted by Gasteiger charge is 2.38. The lowest BCUT2D eigenvalue weighted by Crippen LogP contribution is -2.32. The van der Waals surface area contributed by atoms with Crippen LogP contribution in [0.1, 0.15) is 18.4 Å². The Bertz CT molecular complexity index is 596. The van der Waals surface area contributed by atoms with Crippen molar-refractivity contribution in [1.29, 1.82) is 0 Å². The average molecular weight is 317 g/mol. The van der Waals surface area contributed by atoms with E-state index in [9.17, 15) is 14.5 Å². The number of ketones is 1. The second-order valence-electron chi connectivity index (χ2n) is 5.42. The molecule has 2 unspecified atom stereocenters. The van der Waals surface area contributed by atoms with Crippen molar-refractivity contribution in [3.05, 3.63) is 52.6 Å². The van der Waals surface area contributed by atoms with Gasteiger partial charge in [-0.1, -0.05) is 30.3 Å². The maximum atomic E-state index is 11.9. The fourth-order valence-electron chi connectivity index (χ4n) is 2.72. The van der Waals surface area contributed by atoms with Gasteiger partial charge in [0.05, 0.1) is 13.7 Å². The monoisotopic (exact) mass is 317 g/mol. The van der Waals surface area contributed by atoms with E-state index < -0.39 is 11.9 Å². The number of hydrogen-bond acceptors (Lipinski definition) is 6. The van der Waals surface area contributed by atoms with Gasteiger partial charge >= 0.3 is 5.97 Å². The van der Waals surface area contributed by atoms with Gasteiger partial charge in [-0.2, -0.15) is 0 Å². The van der Waals surface area contributed by atoms with Crippen LogP contribution in [0.2, 0.25) is 0 Å². The van der Waals surface area contributed by atoms with Crippen LogP contribution in [0.3, 0.4) is 0 Å². The standard InChI is InChI=1S/C17H19NO5/c1-22-17(20)16-13(9-14(19)10-15(16)18-21)7-8-23-11-12-5-3-2-4-6-12/h2-6,10,13,16H,7-9,11H2,1H3. The lowest BCUT2D eigenvalue weighted by molar-refractivity contribution is -0.146. The normalized spacial score (nSPS) is 20.7. The van der Waals surface area contributed by atoms with Crippen LogP contribution in [0, 0.1) is 16.7 Å². The number of hydrogen-bond donors (Lipinski definition) is 0. The quantitative estimate of drug-likeness (QED) is 0.438. The van der Waals surface area contributed by atoms with E-state index in [2.05, 4.69) is 5.18 Å². The molecule has 122 valence electrons. The van der Waals surface area contributed by atoms with Gasteiger partial charge in [0.1, 0.15) is 11.6 Å². The minimum atomic E-state index is -0.796. The van der Waals surface area contributed by atoms with Gasteiger partial charge in [-0.15, -0.1) is 4.91 Å². The summed E-state index contributed by atoms with van der Waals surface area (Å²) in [7, 11) is 1.25. The molecule has 23 heavy (non-hydrogen) atoms. The number of rotatable bonds is 7. The lowest BCUT2D eigenvalue weighted by atomic mass is 9.79. The van der Waals surface area contributed by atoms with E-state index in [0.717, 1.165) is 11.6 Å². The van der Waals surface area contributed by atoms with E-state index in [0.29, 0.717) is 19.6 Å². The van der Waals surface area contributed by atoms with E-state index in [1.54, 1.807) is 0 Å². The van der Waals surface area contributed by atoms with Crippen LogP contribution >= 0.6 is 0 Å². The molecule has 0 heterocycles. The zero-order valence-electron chi connectivity index (χ0n) is 12.9. The fourth-order valence-corrected chi connectivity index (χ4v) is 2.72. The van der Waals surface area contributed by atoms with Crippen LogP contribution < -0.4 is 0 Å². The molecule has 0 aromatic heterocycles. The van der Waals surface area contributed by atoms with Crippen LogP contribution in [-0.4, -0.2) is 25.5 Å². The van der Waals surface area contributed by atoms with Gasteiger partial charge in [-0.3, -0.25) is 9.59 Å². The van der Waals surface area contributed by atoms with E-state index in [-0.39, 0.29) is 23.8 Å². The molecular formula is C17H19NO5. The Morgan fingerprint density at radius 3 is 2.70 bits per heavy atom. The molecule has 2 rings (SSSR count). The van der Waals surface area contributed by atoms with Gasteiger partial charge in [-0.05, 0) is 23.1 Å². The number of esters is 1. The predicted molar refractivity (Wildman–Crippen MR) is 83.2 cm³/mol. The number of methoxy groups -OCH3 is 1. The summed E-state index contributed by atoms with van der Waals surface area (Å²) in [5, 5.41) is 2.82. The number of nitroso groups, excluding NO2 is 1. The van der Waals surface area contributed by atoms with Gasteiger partial charge in [0, 0.05) is 19.1 Å². The zero-order chi connectivity index (χ0) is 16.7. The number of allylic oxidation sites excluding steroid dienone is 1. The average Bonchev–Trinajstić information content (AvgIpc) is 2.58. The molecule has 6 heteroatoms. The SMILES string of the molecule is COC(=O)C1C(N=O)=CC(=O)CC1CCOCc1ccccc1. The van der Waals surface area contributed by atoms with Crippen molar-refractivity contribution < 1.29 is 19.1 Å². The Morgan fingerprint density at radius 2 is 2.04 bits per heavy atom. The summed E-state index contributed by atoms with van der Waals surface area (Å²) in [5.74, 6) is -1.87. The smallest absolute Gasteiger partial charge is 0.315 e. The third-order valence-corrected chi connectivity index (χ3v) is 3.87. The molecule has 0 bridgehead atoms. The molecular weight excluding hydrogens is 298 g/mol. The van der Waals surface area contributed by atoms with Gasteiger partial charge in [-0.25, -0.2) is 0 Å². The Hall–Kier alpha value is -2.34. The van der Waals surface area contributed by atoms with Crippen LogP contribution in [0.4, 0.5) is 0 Å². The molecule has 0 aliphatic heterocycles. The predicted octanol–water partition coefficient (Wildman–Crippen LogP) is 2.62. The molecule has 1 aromatic carbocycles. The van der Waals surface area contributed by atoms with Gasteiger partial charge in [0.15, 0.2) is 5.78 Å². The maximum absolute atomic E-state index is 11.9. The van der Waals surface area contributed by atoms with Gasteiger partial charge < -0.3 is 9.47 Å². The molecule has 1 aromatic rings. The van der Waals surface area contributed by atoms with Gasteiger partial charge in [0.25, 0.3) is 0 Å². The third-order valence-electron chi connectivity index (χ3n) is 3.87. The molecule has 6 nitrogen and oxygen atoms in total. The second-order valence-corrected chi connectivity index (χ2v) is 5.42. The van der Waals surface area contributed by atoms with Crippen LogP contribution in [0.15, 0.2) is 47.3 Å². The molecule has 0 saturated carbocycles. The van der Waals surface area contributed by atoms with Crippen molar-refractivity contribution in [2.75, 3.05) is 13.7 Å². The first kappa shape index (κ1) is 17.0. The first-order chi connectivity index (χ1) is 11.2. The first-order valence-corrected chi connectivity index (χ1v) is 7.43. The summed E-state index contributed by atoms with van der Waals surface area (Å²) in [4.78, 5) is 34.5. The summed E-state index contributed by atoms with van der Waals surface area (Å²) in [6, 6.07) is 9.70. The molecule has 0 saturated heterocycles. The summed E-state index contributed by atoms with van der Waals surface area (Å²) < 4.78 is 10.3. The lowest BCUT2D eigenvalue weighted by Gasteiger charge is -2.26. The topological polar surface area (TPSA) is 82.0 Å². The Balaban J connectivity index is 1.94. The largest absolute Gasteiger partial charge is 0.468 e. The summed E-state index contributed by atoms with van der Waals surface area (Å²) in [6.45, 7) is 0.839. The van der Waals surface area contributed by atoms with E-state index >= 15 is 0 Å². The molecule has 0 spiro atoms.